The minimum atomic E-state index is -0.980. The Hall–Kier alpha value is -4.34. The molecule has 1 aromatic heterocycles. The van der Waals surface area contributed by atoms with E-state index in [4.69, 9.17) is 18.9 Å². The van der Waals surface area contributed by atoms with Crippen molar-refractivity contribution in [3.05, 3.63) is 58.7 Å². The van der Waals surface area contributed by atoms with Crippen LogP contribution in [0.15, 0.2) is 36.4 Å². The lowest BCUT2D eigenvalue weighted by molar-refractivity contribution is -0.148. The van der Waals surface area contributed by atoms with E-state index >= 15 is 0 Å². The molecular weight excluding hydrogens is 600 g/mol. The molecule has 3 aromatic rings. The topological polar surface area (TPSA) is 122 Å². The number of aromatic nitrogens is 1. The first kappa shape index (κ1) is 37.1. The largest absolute Gasteiger partial charge is 0.509 e. The van der Waals surface area contributed by atoms with Crippen LogP contribution in [0.4, 0.5) is 9.59 Å². The third-order valence-corrected chi connectivity index (χ3v) is 7.39. The van der Waals surface area contributed by atoms with E-state index in [1.54, 1.807) is 46.1 Å². The van der Waals surface area contributed by atoms with Gasteiger partial charge in [-0.1, -0.05) is 30.2 Å². The molecule has 256 valence electrons. The summed E-state index contributed by atoms with van der Waals surface area (Å²) in [7, 11) is 0. The smallest absolute Gasteiger partial charge is 0.465 e. The molecule has 10 heteroatoms. The molecule has 0 bridgehead atoms. The second-order valence-corrected chi connectivity index (χ2v) is 14.5. The number of nitrogens with zero attached hydrogens (tertiary/aromatic N) is 1. The summed E-state index contributed by atoms with van der Waals surface area (Å²) >= 11 is 0. The van der Waals surface area contributed by atoms with Gasteiger partial charge in [0.15, 0.2) is 6.61 Å². The molecule has 0 aliphatic carbocycles. The standard InChI is InChI=1S/C37H50N2O8/c1-13-44-32(41)37(11,12)26-14-15-28-27(19-26)30(24(4)20-38-29(40)21-45-34(43)47-36(8,9)10)31(25-17-22(2)16-23(3)18-25)39(28)33(42)46-35(5,6)7/h14-19,24H,13,20-21H2,1-12H3,(H,38,40). The van der Waals surface area contributed by atoms with Crippen molar-refractivity contribution >= 4 is 35.0 Å². The number of ether oxygens (including phenoxy) is 4. The monoisotopic (exact) mass is 650 g/mol. The van der Waals surface area contributed by atoms with Gasteiger partial charge in [0, 0.05) is 17.8 Å². The summed E-state index contributed by atoms with van der Waals surface area (Å²) < 4.78 is 23.0. The Morgan fingerprint density at radius 1 is 0.830 bits per heavy atom. The first-order valence-electron chi connectivity index (χ1n) is 15.9. The van der Waals surface area contributed by atoms with Crippen LogP contribution in [0.5, 0.6) is 0 Å². The minimum absolute atomic E-state index is 0.160. The molecule has 1 atom stereocenters. The first-order chi connectivity index (χ1) is 21.6. The number of carbonyl (C=O) groups excluding carboxylic acids is 4. The Balaban J connectivity index is 2.21. The average molecular weight is 651 g/mol. The molecule has 1 unspecified atom stereocenters. The highest BCUT2D eigenvalue weighted by Crippen LogP contribution is 2.41. The molecule has 0 spiro atoms. The number of esters is 1. The van der Waals surface area contributed by atoms with E-state index in [0.29, 0.717) is 16.8 Å². The van der Waals surface area contributed by atoms with Crippen molar-refractivity contribution in [3.8, 4) is 11.3 Å². The van der Waals surface area contributed by atoms with E-state index in [1.165, 1.54) is 0 Å². The van der Waals surface area contributed by atoms with Crippen LogP contribution in [-0.4, -0.2) is 59.7 Å². The highest BCUT2D eigenvalue weighted by Gasteiger charge is 2.34. The van der Waals surface area contributed by atoms with Crippen molar-refractivity contribution in [2.24, 2.45) is 0 Å². The lowest BCUT2D eigenvalue weighted by atomic mass is 9.83. The molecule has 47 heavy (non-hydrogen) atoms. The molecule has 2 aromatic carbocycles. The van der Waals surface area contributed by atoms with Gasteiger partial charge in [0.2, 0.25) is 0 Å². The number of carbonyl (C=O) groups is 4. The summed E-state index contributed by atoms with van der Waals surface area (Å²) in [5.74, 6) is -1.22. The van der Waals surface area contributed by atoms with Gasteiger partial charge in [0.25, 0.3) is 5.91 Å². The van der Waals surface area contributed by atoms with Crippen molar-refractivity contribution in [2.75, 3.05) is 19.8 Å². The fourth-order valence-corrected chi connectivity index (χ4v) is 5.35. The van der Waals surface area contributed by atoms with Crippen LogP contribution >= 0.6 is 0 Å². The third kappa shape index (κ3) is 9.36. The van der Waals surface area contributed by atoms with E-state index in [2.05, 4.69) is 11.4 Å². The van der Waals surface area contributed by atoms with E-state index in [-0.39, 0.29) is 25.0 Å². The van der Waals surface area contributed by atoms with Gasteiger partial charge in [0.1, 0.15) is 11.2 Å². The second-order valence-electron chi connectivity index (χ2n) is 14.5. The van der Waals surface area contributed by atoms with Crippen LogP contribution in [0.3, 0.4) is 0 Å². The summed E-state index contributed by atoms with van der Waals surface area (Å²) in [4.78, 5) is 51.8. The van der Waals surface area contributed by atoms with Gasteiger partial charge < -0.3 is 24.3 Å². The number of amides is 1. The van der Waals surface area contributed by atoms with Gasteiger partial charge in [-0.25, -0.2) is 14.2 Å². The summed E-state index contributed by atoms with van der Waals surface area (Å²) in [6.07, 6.45) is -1.49. The third-order valence-electron chi connectivity index (χ3n) is 7.39. The fourth-order valence-electron chi connectivity index (χ4n) is 5.35. The summed E-state index contributed by atoms with van der Waals surface area (Å²) in [6.45, 7) is 21.7. The van der Waals surface area contributed by atoms with Gasteiger partial charge in [-0.15, -0.1) is 0 Å². The van der Waals surface area contributed by atoms with Crippen molar-refractivity contribution in [2.45, 2.75) is 106 Å². The van der Waals surface area contributed by atoms with Crippen LogP contribution < -0.4 is 5.32 Å². The number of benzene rings is 2. The quantitative estimate of drug-likeness (QED) is 0.185. The van der Waals surface area contributed by atoms with Gasteiger partial charge in [0.05, 0.1) is 23.2 Å². The Morgan fingerprint density at radius 3 is 1.98 bits per heavy atom. The number of hydrogen-bond acceptors (Lipinski definition) is 8. The predicted octanol–water partition coefficient (Wildman–Crippen LogP) is 7.72. The van der Waals surface area contributed by atoms with Crippen molar-refractivity contribution < 1.29 is 38.1 Å². The van der Waals surface area contributed by atoms with Gasteiger partial charge in [-0.05, 0) is 117 Å². The Kier molecular flexibility index (Phi) is 11.2. The molecular formula is C37H50N2O8. The molecule has 10 nitrogen and oxygen atoms in total. The number of rotatable bonds is 9. The molecule has 1 amide bonds. The average Bonchev–Trinajstić information content (AvgIpc) is 3.27. The maximum atomic E-state index is 14.0. The lowest BCUT2D eigenvalue weighted by Crippen LogP contribution is -2.33. The lowest BCUT2D eigenvalue weighted by Gasteiger charge is -2.23. The van der Waals surface area contributed by atoms with E-state index in [9.17, 15) is 19.2 Å². The van der Waals surface area contributed by atoms with Gasteiger partial charge in [-0.3, -0.25) is 9.59 Å². The van der Waals surface area contributed by atoms with E-state index in [1.807, 2.05) is 71.9 Å². The van der Waals surface area contributed by atoms with Crippen LogP contribution in [0, 0.1) is 13.8 Å². The van der Waals surface area contributed by atoms with Crippen LogP contribution in [0.1, 0.15) is 97.4 Å². The Bertz CT molecular complexity index is 1630. The second kappa shape index (κ2) is 14.2. The highest BCUT2D eigenvalue weighted by atomic mass is 16.7. The molecule has 1 heterocycles. The number of fused-ring (bicyclic) bond motifs is 1. The molecule has 0 saturated heterocycles. The Labute approximate surface area is 278 Å². The number of hydrogen-bond donors (Lipinski definition) is 1. The molecule has 0 aliphatic heterocycles. The summed E-state index contributed by atoms with van der Waals surface area (Å²) in [5, 5.41) is 3.58. The summed E-state index contributed by atoms with van der Waals surface area (Å²) in [5.41, 5.74) is 3.03. The molecule has 0 aliphatic rings. The normalized spacial score (nSPS) is 12.8. The molecule has 0 fully saturated rings. The first-order valence-corrected chi connectivity index (χ1v) is 15.9. The van der Waals surface area contributed by atoms with E-state index < -0.39 is 41.4 Å². The summed E-state index contributed by atoms with van der Waals surface area (Å²) in [6, 6.07) is 11.6. The van der Waals surface area contributed by atoms with Crippen LogP contribution in [0.25, 0.3) is 22.2 Å². The fraction of sp³-hybridized carbons (Fsp3) is 0.514. The van der Waals surface area contributed by atoms with Crippen LogP contribution in [-0.2, 0) is 34.0 Å². The zero-order chi connectivity index (χ0) is 35.5. The molecule has 1 N–H and O–H groups in total. The zero-order valence-electron chi connectivity index (χ0n) is 29.9. The highest BCUT2D eigenvalue weighted by molar-refractivity contribution is 6.01. The minimum Gasteiger partial charge on any atom is -0.465 e. The molecule has 0 saturated carbocycles. The van der Waals surface area contributed by atoms with Crippen LogP contribution in [0.2, 0.25) is 0 Å². The Morgan fingerprint density at radius 2 is 1.43 bits per heavy atom. The van der Waals surface area contributed by atoms with Crippen molar-refractivity contribution in [1.82, 2.24) is 9.88 Å². The van der Waals surface area contributed by atoms with Gasteiger partial charge in [-0.2, -0.15) is 0 Å². The number of nitrogens with one attached hydrogen (secondary N) is 1. The zero-order valence-corrected chi connectivity index (χ0v) is 29.9. The maximum absolute atomic E-state index is 14.0. The van der Waals surface area contributed by atoms with Gasteiger partial charge >= 0.3 is 18.2 Å². The maximum Gasteiger partial charge on any atom is 0.509 e. The van der Waals surface area contributed by atoms with Crippen molar-refractivity contribution in [1.29, 1.82) is 0 Å². The SMILES string of the molecule is CCOC(=O)C(C)(C)c1ccc2c(c1)c(C(C)CNC(=O)COC(=O)OC(C)(C)C)c(-c1cc(C)cc(C)c1)n2C(=O)OC(C)(C)C. The van der Waals surface area contributed by atoms with Crippen molar-refractivity contribution in [3.63, 3.8) is 0 Å². The predicted molar refractivity (Wildman–Crippen MR) is 182 cm³/mol. The molecule has 3 rings (SSSR count). The van der Waals surface area contributed by atoms with E-state index in [0.717, 1.165) is 27.6 Å². The number of aryl methyl sites for hydroxylation is 2. The molecule has 0 radical (unpaired) electrons.